The van der Waals surface area contributed by atoms with Crippen molar-refractivity contribution >= 4 is 44.1 Å². The molecular weight excluding hydrogens is 404 g/mol. The van der Waals surface area contributed by atoms with Gasteiger partial charge in [0.05, 0.1) is 15.7 Å². The van der Waals surface area contributed by atoms with E-state index in [9.17, 15) is 13.6 Å². The van der Waals surface area contributed by atoms with Crippen molar-refractivity contribution in [2.45, 2.75) is 6.54 Å². The van der Waals surface area contributed by atoms with Crippen molar-refractivity contribution < 1.29 is 13.6 Å². The lowest BCUT2D eigenvalue weighted by atomic mass is 10.2. The van der Waals surface area contributed by atoms with Gasteiger partial charge in [0.25, 0.3) is 5.91 Å². The molecule has 0 unspecified atom stereocenters. The third kappa shape index (κ3) is 3.44. The van der Waals surface area contributed by atoms with Crippen LogP contribution in [0, 0.1) is 11.6 Å². The summed E-state index contributed by atoms with van der Waals surface area (Å²) in [5.74, 6) is -1.06. The highest BCUT2D eigenvalue weighted by Gasteiger charge is 2.17. The number of nitrogens with one attached hydrogen (secondary N) is 1. The normalized spacial score (nSPS) is 11.3. The molecule has 1 N–H and O–H groups in total. The third-order valence-electron chi connectivity index (χ3n) is 4.91. The zero-order valence-corrected chi connectivity index (χ0v) is 16.4. The molecule has 148 valence electrons. The number of rotatable bonds is 4. The van der Waals surface area contributed by atoms with Gasteiger partial charge in [-0.2, -0.15) is 0 Å². The van der Waals surface area contributed by atoms with E-state index in [2.05, 4.69) is 10.3 Å². The van der Waals surface area contributed by atoms with Crippen molar-refractivity contribution in [3.05, 3.63) is 95.1 Å². The van der Waals surface area contributed by atoms with Crippen molar-refractivity contribution in [3.8, 4) is 0 Å². The van der Waals surface area contributed by atoms with Gasteiger partial charge in [0.1, 0.15) is 17.3 Å². The topological polar surface area (TPSA) is 46.9 Å². The zero-order chi connectivity index (χ0) is 20.7. The van der Waals surface area contributed by atoms with Crippen LogP contribution in [0.5, 0.6) is 0 Å². The molecule has 0 atom stereocenters. The second-order valence-corrected chi connectivity index (χ2v) is 7.82. The van der Waals surface area contributed by atoms with Crippen molar-refractivity contribution in [2.75, 3.05) is 5.32 Å². The Labute approximate surface area is 174 Å². The minimum atomic E-state index is -0.381. The molecule has 0 saturated carbocycles. The number of nitrogens with zero attached hydrogens (tertiary/aromatic N) is 2. The summed E-state index contributed by atoms with van der Waals surface area (Å²) in [6.45, 7) is 0.281. The maximum Gasteiger partial charge on any atom is 0.272 e. The van der Waals surface area contributed by atoms with Gasteiger partial charge in [0.15, 0.2) is 0 Å². The molecule has 4 nitrogen and oxygen atoms in total. The Morgan fingerprint density at radius 2 is 1.87 bits per heavy atom. The average molecular weight is 419 g/mol. The lowest BCUT2D eigenvalue weighted by Crippen LogP contribution is -2.17. The molecule has 2 heterocycles. The van der Waals surface area contributed by atoms with Crippen LogP contribution < -0.4 is 5.32 Å². The number of carbonyl (C=O) groups excluding carboxylic acids is 1. The molecule has 0 aliphatic rings. The number of anilines is 1. The summed E-state index contributed by atoms with van der Waals surface area (Å²) in [7, 11) is 0. The largest absolute Gasteiger partial charge is 0.332 e. The van der Waals surface area contributed by atoms with Gasteiger partial charge >= 0.3 is 0 Å². The first-order valence-electron chi connectivity index (χ1n) is 9.25. The van der Waals surface area contributed by atoms with E-state index in [0.717, 1.165) is 10.2 Å². The van der Waals surface area contributed by atoms with E-state index >= 15 is 0 Å². The van der Waals surface area contributed by atoms with E-state index in [1.54, 1.807) is 40.4 Å². The quantitative estimate of drug-likeness (QED) is 0.398. The molecule has 0 aliphatic heterocycles. The number of carbonyl (C=O) groups is 1. The Balaban J connectivity index is 1.55. The van der Waals surface area contributed by atoms with Crippen molar-refractivity contribution in [2.24, 2.45) is 0 Å². The molecule has 0 radical (unpaired) electrons. The molecular formula is C23H15F2N3OS. The molecule has 0 saturated heterocycles. The first kappa shape index (κ1) is 18.4. The summed E-state index contributed by atoms with van der Waals surface area (Å²) in [5, 5.41) is 3.51. The van der Waals surface area contributed by atoms with Gasteiger partial charge < -0.3 is 9.88 Å². The van der Waals surface area contributed by atoms with E-state index in [-0.39, 0.29) is 24.1 Å². The number of halogens is 2. The second-order valence-electron chi connectivity index (χ2n) is 6.94. The van der Waals surface area contributed by atoms with Gasteiger partial charge in [-0.05, 0) is 60.2 Å². The van der Waals surface area contributed by atoms with Crippen molar-refractivity contribution in [3.63, 3.8) is 0 Å². The molecule has 5 rings (SSSR count). The van der Waals surface area contributed by atoms with E-state index in [1.165, 1.54) is 35.6 Å². The number of fused-ring (bicyclic) bond motifs is 2. The number of thiazole rings is 1. The van der Waals surface area contributed by atoms with Crippen LogP contribution in [0.4, 0.5) is 14.5 Å². The molecule has 2 aromatic heterocycles. The van der Waals surface area contributed by atoms with Gasteiger partial charge in [-0.1, -0.05) is 12.1 Å². The summed E-state index contributed by atoms with van der Waals surface area (Å²) in [5.41, 5.74) is 5.03. The minimum Gasteiger partial charge on any atom is -0.332 e. The van der Waals surface area contributed by atoms with Gasteiger partial charge in [0.2, 0.25) is 0 Å². The lowest BCUT2D eigenvalue weighted by molar-refractivity contribution is 0.101. The van der Waals surface area contributed by atoms with Gasteiger partial charge in [-0.25, -0.2) is 13.8 Å². The maximum absolute atomic E-state index is 13.8. The molecule has 0 aliphatic carbocycles. The van der Waals surface area contributed by atoms with E-state index < -0.39 is 0 Å². The highest BCUT2D eigenvalue weighted by atomic mass is 32.1. The molecule has 0 fully saturated rings. The first-order chi connectivity index (χ1) is 14.6. The van der Waals surface area contributed by atoms with Crippen LogP contribution in [-0.2, 0) is 6.54 Å². The Hall–Kier alpha value is -3.58. The smallest absolute Gasteiger partial charge is 0.272 e. The van der Waals surface area contributed by atoms with Gasteiger partial charge in [-0.3, -0.25) is 4.79 Å². The van der Waals surface area contributed by atoms with Crippen LogP contribution in [-0.4, -0.2) is 15.5 Å². The average Bonchev–Trinajstić information content (AvgIpc) is 3.32. The maximum atomic E-state index is 13.8. The van der Waals surface area contributed by atoms with Crippen LogP contribution in [0.1, 0.15) is 16.1 Å². The standard InChI is InChI=1S/C23H15F2N3OS/c24-16-3-1-2-14(8-16)12-28-20-7-4-17(25)9-15(20)10-21(28)23(29)27-18-5-6-19-22(11-18)30-13-26-19/h1-11,13H,12H2,(H,27,29). The monoisotopic (exact) mass is 419 g/mol. The number of amides is 1. The summed E-state index contributed by atoms with van der Waals surface area (Å²) >= 11 is 1.49. The second kappa shape index (κ2) is 7.35. The Morgan fingerprint density at radius 1 is 1.00 bits per heavy atom. The van der Waals surface area contributed by atoms with Crippen LogP contribution in [0.2, 0.25) is 0 Å². The summed E-state index contributed by atoms with van der Waals surface area (Å²) in [6, 6.07) is 17.7. The van der Waals surface area contributed by atoms with Gasteiger partial charge in [-0.15, -0.1) is 11.3 Å². The fourth-order valence-corrected chi connectivity index (χ4v) is 4.26. The van der Waals surface area contributed by atoms with E-state index in [1.807, 2.05) is 12.1 Å². The molecule has 7 heteroatoms. The number of aromatic nitrogens is 2. The number of hydrogen-bond acceptors (Lipinski definition) is 3. The van der Waals surface area contributed by atoms with Crippen molar-refractivity contribution in [1.82, 2.24) is 9.55 Å². The van der Waals surface area contributed by atoms with Crippen molar-refractivity contribution in [1.29, 1.82) is 0 Å². The summed E-state index contributed by atoms with van der Waals surface area (Å²) in [6.07, 6.45) is 0. The van der Waals surface area contributed by atoms with E-state index in [4.69, 9.17) is 0 Å². The molecule has 0 spiro atoms. The molecule has 5 aromatic rings. The highest BCUT2D eigenvalue weighted by molar-refractivity contribution is 7.16. The predicted octanol–water partition coefficient (Wildman–Crippen LogP) is 5.83. The number of benzene rings is 3. The fourth-order valence-electron chi connectivity index (χ4n) is 3.55. The Bertz CT molecular complexity index is 1410. The van der Waals surface area contributed by atoms with Crippen LogP contribution in [0.25, 0.3) is 21.1 Å². The molecule has 30 heavy (non-hydrogen) atoms. The van der Waals surface area contributed by atoms with Crippen LogP contribution >= 0.6 is 11.3 Å². The highest BCUT2D eigenvalue weighted by Crippen LogP contribution is 2.25. The fraction of sp³-hybridized carbons (Fsp3) is 0.0435. The molecule has 0 bridgehead atoms. The van der Waals surface area contributed by atoms with Crippen LogP contribution in [0.3, 0.4) is 0 Å². The Kier molecular flexibility index (Phi) is 4.52. The van der Waals surface area contributed by atoms with Gasteiger partial charge in [0, 0.05) is 23.1 Å². The SMILES string of the molecule is O=C(Nc1ccc2ncsc2c1)c1cc2cc(F)ccc2n1Cc1cccc(F)c1. The lowest BCUT2D eigenvalue weighted by Gasteiger charge is -2.12. The Morgan fingerprint density at radius 3 is 2.73 bits per heavy atom. The minimum absolute atomic E-state index is 0.281. The first-order valence-corrected chi connectivity index (χ1v) is 10.1. The van der Waals surface area contributed by atoms with Crippen LogP contribution in [0.15, 0.2) is 72.2 Å². The summed E-state index contributed by atoms with van der Waals surface area (Å²) < 4.78 is 30.2. The summed E-state index contributed by atoms with van der Waals surface area (Å²) in [4.78, 5) is 17.3. The predicted molar refractivity (Wildman–Crippen MR) is 115 cm³/mol. The molecule has 1 amide bonds. The third-order valence-corrected chi connectivity index (χ3v) is 5.71. The van der Waals surface area contributed by atoms with E-state index in [0.29, 0.717) is 27.8 Å². The molecule has 3 aromatic carbocycles. The number of hydrogen-bond donors (Lipinski definition) is 1. The zero-order valence-electron chi connectivity index (χ0n) is 15.6.